The van der Waals surface area contributed by atoms with Crippen molar-refractivity contribution < 1.29 is 51.2 Å². The minimum atomic E-state index is -4.89. The zero-order valence-electron chi connectivity index (χ0n) is 43.2. The topological polar surface area (TPSA) is 230 Å². The van der Waals surface area contributed by atoms with Crippen molar-refractivity contribution in [3.8, 4) is 6.07 Å². The van der Waals surface area contributed by atoms with Crippen LogP contribution in [-0.4, -0.2) is 140 Å². The highest BCUT2D eigenvalue weighted by molar-refractivity contribution is 8.13. The highest BCUT2D eigenvalue weighted by Gasteiger charge is 2.55. The molecule has 0 radical (unpaired) electrons. The van der Waals surface area contributed by atoms with Crippen molar-refractivity contribution in [1.82, 2.24) is 19.7 Å². The van der Waals surface area contributed by atoms with Crippen molar-refractivity contribution in [3.63, 3.8) is 0 Å². The summed E-state index contributed by atoms with van der Waals surface area (Å²) in [5.74, 6) is 0.255. The number of rotatable bonds is 23. The van der Waals surface area contributed by atoms with E-state index in [4.69, 9.17) is 14.3 Å². The number of nitrogens with one attached hydrogen (secondary N) is 1. The minimum absolute atomic E-state index is 0.0579. The Morgan fingerprint density at radius 1 is 0.958 bits per heavy atom. The second-order valence-electron chi connectivity index (χ2n) is 16.0. The van der Waals surface area contributed by atoms with E-state index in [1.165, 1.54) is 68.5 Å². The number of hydrogen-bond donors (Lipinski definition) is 2. The first-order valence-corrected chi connectivity index (χ1v) is 28.1. The van der Waals surface area contributed by atoms with Crippen LogP contribution in [0.3, 0.4) is 0 Å². The van der Waals surface area contributed by atoms with Crippen LogP contribution < -0.4 is 11.3 Å². The average Bonchev–Trinajstić information content (AvgIpc) is 4.02. The monoisotopic (exact) mass is 1070 g/mol. The number of nitriles is 1. The lowest BCUT2D eigenvalue weighted by atomic mass is 9.91. The van der Waals surface area contributed by atoms with Gasteiger partial charge in [-0.05, 0) is 93.5 Å². The van der Waals surface area contributed by atoms with Crippen molar-refractivity contribution in [3.05, 3.63) is 81.8 Å². The van der Waals surface area contributed by atoms with Gasteiger partial charge < -0.3 is 44.1 Å². The lowest BCUT2D eigenvalue weighted by Gasteiger charge is -2.27. The molecule has 2 saturated heterocycles. The van der Waals surface area contributed by atoms with Crippen LogP contribution in [0, 0.1) is 17.2 Å². The number of aldehydes is 3. The molecule has 5 rings (SSSR count). The molecule has 0 saturated carbocycles. The van der Waals surface area contributed by atoms with Gasteiger partial charge in [0.15, 0.2) is 5.12 Å². The van der Waals surface area contributed by atoms with Crippen LogP contribution in [-0.2, 0) is 43.2 Å². The summed E-state index contributed by atoms with van der Waals surface area (Å²) in [6.45, 7) is 12.4. The highest BCUT2D eigenvalue weighted by atomic mass is 32.2. The number of aromatic nitrogens is 1. The highest BCUT2D eigenvalue weighted by Crippen LogP contribution is 2.67. The summed E-state index contributed by atoms with van der Waals surface area (Å²) in [5, 5.41) is 10.0. The van der Waals surface area contributed by atoms with Crippen molar-refractivity contribution >= 4 is 78.2 Å². The summed E-state index contributed by atoms with van der Waals surface area (Å²) in [7, 11) is -1.25. The van der Waals surface area contributed by atoms with E-state index >= 15 is 8.78 Å². The lowest BCUT2D eigenvalue weighted by molar-refractivity contribution is -0.129. The summed E-state index contributed by atoms with van der Waals surface area (Å²) in [4.78, 5) is 83.7. The number of unbranched alkanes of at least 4 members (excludes halogenated alkanes) is 1. The van der Waals surface area contributed by atoms with Crippen LogP contribution in [0.4, 0.5) is 8.78 Å². The van der Waals surface area contributed by atoms with Gasteiger partial charge in [-0.2, -0.15) is 25.8 Å². The number of nitrogens with two attached hydrogens (primary N) is 1. The number of amides is 2. The quantitative estimate of drug-likeness (QED) is 0.0513. The molecule has 21 heteroatoms. The summed E-state index contributed by atoms with van der Waals surface area (Å²) in [5.41, 5.74) is 1.05. The minimum Gasteiger partial charge on any atom is -0.343 e. The molecular weight excluding hydrogens is 990 g/mol. The summed E-state index contributed by atoms with van der Waals surface area (Å²) >= 11 is 2.32. The molecule has 2 amide bonds. The molecule has 402 valence electrons. The predicted octanol–water partition coefficient (Wildman–Crippen LogP) is 8.92. The lowest BCUT2D eigenvalue weighted by Crippen LogP contribution is -2.35. The third-order valence-corrected chi connectivity index (χ3v) is 14.4. The zero-order chi connectivity index (χ0) is 54.5. The second kappa shape index (κ2) is 38.9. The first-order valence-electron chi connectivity index (χ1n) is 24.2. The third-order valence-electron chi connectivity index (χ3n) is 11.0. The molecule has 2 aromatic carbocycles. The van der Waals surface area contributed by atoms with Crippen LogP contribution >= 0.6 is 31.1 Å². The van der Waals surface area contributed by atoms with E-state index in [1.54, 1.807) is 47.4 Å². The molecule has 2 unspecified atom stereocenters. The average molecular weight is 1070 g/mol. The van der Waals surface area contributed by atoms with Gasteiger partial charge in [-0.25, -0.2) is 0 Å². The molecular formula is C51H77F2N6O10PS2. The van der Waals surface area contributed by atoms with E-state index in [1.807, 2.05) is 27.7 Å². The van der Waals surface area contributed by atoms with Gasteiger partial charge in [0, 0.05) is 99.2 Å². The van der Waals surface area contributed by atoms with Crippen LogP contribution in [0.1, 0.15) is 113 Å². The molecule has 3 N–H and O–H groups in total. The van der Waals surface area contributed by atoms with Gasteiger partial charge in [0.1, 0.15) is 18.9 Å². The van der Waals surface area contributed by atoms with E-state index in [0.29, 0.717) is 79.7 Å². The molecule has 4 atom stereocenters. The van der Waals surface area contributed by atoms with Gasteiger partial charge >= 0.3 is 13.3 Å². The Labute approximate surface area is 433 Å². The fourth-order valence-electron chi connectivity index (χ4n) is 7.20. The number of H-pyrrole nitrogens is 1. The maximum Gasteiger partial charge on any atom is 0.404 e. The number of fused-ring (bicyclic) bond motifs is 1. The van der Waals surface area contributed by atoms with Crippen LogP contribution in [0.2, 0.25) is 0 Å². The van der Waals surface area contributed by atoms with Gasteiger partial charge in [0.05, 0.1) is 25.2 Å². The second-order valence-corrected chi connectivity index (χ2v) is 20.2. The number of thioether (sulfide) groups is 2. The largest absolute Gasteiger partial charge is 0.404 e. The van der Waals surface area contributed by atoms with Gasteiger partial charge in [0.25, 0.3) is 0 Å². The SMILES string of the molecule is CC.CC(=O)N(CCC=O)CC[C@H]1CCCN1C.CCCC(=O)SCCOP(=O)(OCCSC)C(F)(F)c1ccc2ccc(C=O)cc2c1.CCCC=O.CN.N#C[C@H]1CN(C=O)CC1c1cc[nH]c(=O)c1. The molecule has 2 aliphatic heterocycles. The van der Waals surface area contributed by atoms with Crippen molar-refractivity contribution in [2.45, 2.75) is 104 Å². The Hall–Kier alpha value is -4.61. The predicted molar refractivity (Wildman–Crippen MR) is 286 cm³/mol. The number of carbonyl (C=O) groups excluding carboxylic acids is 6. The Bertz CT molecular complexity index is 2220. The van der Waals surface area contributed by atoms with Gasteiger partial charge in [-0.15, -0.1) is 0 Å². The van der Waals surface area contributed by atoms with Crippen molar-refractivity contribution in [1.29, 1.82) is 5.26 Å². The van der Waals surface area contributed by atoms with Gasteiger partial charge in [0.2, 0.25) is 17.9 Å². The van der Waals surface area contributed by atoms with E-state index in [2.05, 4.69) is 28.7 Å². The zero-order valence-corrected chi connectivity index (χ0v) is 45.8. The van der Waals surface area contributed by atoms with E-state index < -0.39 is 18.8 Å². The first-order chi connectivity index (χ1) is 34.6. The van der Waals surface area contributed by atoms with Crippen LogP contribution in [0.25, 0.3) is 10.8 Å². The van der Waals surface area contributed by atoms with Crippen LogP contribution in [0.5, 0.6) is 0 Å². The van der Waals surface area contributed by atoms with Crippen LogP contribution in [0.15, 0.2) is 59.5 Å². The molecule has 3 heterocycles. The number of aromatic amines is 1. The summed E-state index contributed by atoms with van der Waals surface area (Å²) in [6, 6.07) is 14.6. The number of alkyl halides is 2. The number of benzene rings is 2. The molecule has 0 bridgehead atoms. The molecule has 1 aromatic heterocycles. The third kappa shape index (κ3) is 24.0. The number of likely N-dealkylation sites (tertiary alicyclic amines) is 2. The van der Waals surface area contributed by atoms with Crippen molar-refractivity contribution in [2.24, 2.45) is 11.7 Å². The number of halogens is 2. The Kier molecular flexibility index (Phi) is 36.4. The molecule has 72 heavy (non-hydrogen) atoms. The number of carbonyl (C=O) groups is 6. The Balaban J connectivity index is 0.00000104. The summed E-state index contributed by atoms with van der Waals surface area (Å²) < 4.78 is 54.2. The van der Waals surface area contributed by atoms with Gasteiger partial charge in [-0.1, -0.05) is 63.7 Å². The van der Waals surface area contributed by atoms with Gasteiger partial charge in [-0.3, -0.25) is 28.5 Å². The molecule has 0 aliphatic carbocycles. The van der Waals surface area contributed by atoms with E-state index in [0.717, 1.165) is 55.7 Å². The summed E-state index contributed by atoms with van der Waals surface area (Å²) in [6.07, 6.45) is 13.2. The van der Waals surface area contributed by atoms with E-state index in [9.17, 15) is 38.1 Å². The maximum atomic E-state index is 15.4. The molecule has 16 nitrogen and oxygen atoms in total. The molecule has 0 spiro atoms. The van der Waals surface area contributed by atoms with Crippen molar-refractivity contribution in [2.75, 3.05) is 77.8 Å². The smallest absolute Gasteiger partial charge is 0.343 e. The normalized spacial score (nSPS) is 16.6. The number of pyridine rings is 1. The first kappa shape index (κ1) is 67.4. The standard InChI is InChI=1S/C21H25F2O5PS2.C12H22N2O2.C11H11N3O2.C4H8O.C2H6.CH5N/c1-3-4-20(25)31-12-10-28-29(26,27-9-11-30-2)21(22,23)19-8-7-17-6-5-16(15-24)13-18(17)14-19;1-11(16)14(8-4-10-15)9-6-12-5-3-7-13(12)2;12-4-9-5-14(7-15)6-10(9)8-1-2-13-11(16)3-8;1-2-3-4-5;2*1-2/h5-8,13-15H,3-4,9-12H2,1-2H3;10,12H,3-9H2,1-2H3;1-3,7,9-10H,5-6H2,(H,13,16);4H,2-3H2,1H3;1-2H3;2H2,1H3/t;12-;9-,10?;;;/m.10.../s1. The molecule has 2 aliphatic rings. The number of hydrogen-bond acceptors (Lipinski definition) is 15. The Morgan fingerprint density at radius 2 is 1.62 bits per heavy atom. The number of nitrogens with zero attached hydrogens (tertiary/aromatic N) is 4. The Morgan fingerprint density at radius 3 is 2.15 bits per heavy atom. The molecule has 3 aromatic rings. The molecule has 2 fully saturated rings. The maximum absolute atomic E-state index is 15.4. The fraction of sp³-hybridized carbons (Fsp3) is 0.569. The fourth-order valence-corrected chi connectivity index (χ4v) is 9.95. The van der Waals surface area contributed by atoms with E-state index in [-0.39, 0.29) is 47.4 Å².